The number of thiazole rings is 1. The number of thiocarbonyl (C=S) groups is 1. The van der Waals surface area contributed by atoms with Crippen LogP contribution >= 0.6 is 23.6 Å². The molecule has 5 nitrogen and oxygen atoms in total. The van der Waals surface area contributed by atoms with Crippen molar-refractivity contribution >= 4 is 49.8 Å². The van der Waals surface area contributed by atoms with Crippen molar-refractivity contribution in [2.75, 3.05) is 5.32 Å². The Bertz CT molecular complexity index is 840. The van der Waals surface area contributed by atoms with Gasteiger partial charge in [0, 0.05) is 5.69 Å². The fraction of sp³-hybridized carbons (Fsp3) is 0.143. The van der Waals surface area contributed by atoms with Crippen LogP contribution in [0, 0.1) is 13.8 Å². The summed E-state index contributed by atoms with van der Waals surface area (Å²) in [6.45, 7) is 3.93. The Morgan fingerprint density at radius 3 is 2.76 bits per heavy atom. The number of hydrogen-bond acceptors (Lipinski definition) is 6. The molecular weight excluding hydrogens is 302 g/mol. The SMILES string of the molecule is Cc1ccc2nc(Nc3nc(C)cc(C(N)=S)n3)sc2c1. The summed E-state index contributed by atoms with van der Waals surface area (Å²) in [5.41, 5.74) is 9.14. The monoisotopic (exact) mass is 315 g/mol. The van der Waals surface area contributed by atoms with E-state index in [-0.39, 0.29) is 4.99 Å². The minimum atomic E-state index is 0.253. The number of fused-ring (bicyclic) bond motifs is 1. The van der Waals surface area contributed by atoms with Crippen LogP contribution in [0.2, 0.25) is 0 Å². The molecule has 2 heterocycles. The van der Waals surface area contributed by atoms with Gasteiger partial charge < -0.3 is 5.73 Å². The summed E-state index contributed by atoms with van der Waals surface area (Å²) in [4.78, 5) is 13.4. The second kappa shape index (κ2) is 5.34. The molecule has 0 amide bonds. The van der Waals surface area contributed by atoms with Gasteiger partial charge in [0.2, 0.25) is 5.95 Å². The first-order chi connectivity index (χ1) is 10.0. The van der Waals surface area contributed by atoms with Gasteiger partial charge in [0.05, 0.1) is 10.2 Å². The second-order valence-corrected chi connectivity index (χ2v) is 6.17. The molecule has 3 rings (SSSR count). The molecule has 0 aliphatic heterocycles. The minimum Gasteiger partial charge on any atom is -0.388 e. The van der Waals surface area contributed by atoms with Crippen LogP contribution in [0.25, 0.3) is 10.2 Å². The van der Waals surface area contributed by atoms with E-state index in [0.29, 0.717) is 11.6 Å². The van der Waals surface area contributed by atoms with Crippen molar-refractivity contribution in [3.63, 3.8) is 0 Å². The molecule has 0 atom stereocenters. The fourth-order valence-electron chi connectivity index (χ4n) is 1.93. The Kier molecular flexibility index (Phi) is 3.52. The number of nitrogens with two attached hydrogens (primary N) is 1. The molecule has 2 aromatic heterocycles. The zero-order chi connectivity index (χ0) is 15.0. The zero-order valence-electron chi connectivity index (χ0n) is 11.5. The van der Waals surface area contributed by atoms with E-state index in [1.807, 2.05) is 19.1 Å². The molecule has 21 heavy (non-hydrogen) atoms. The van der Waals surface area contributed by atoms with Gasteiger partial charge in [0.15, 0.2) is 5.13 Å². The van der Waals surface area contributed by atoms with Gasteiger partial charge >= 0.3 is 0 Å². The molecule has 0 spiro atoms. The number of nitrogens with one attached hydrogen (secondary N) is 1. The van der Waals surface area contributed by atoms with Crippen LogP contribution < -0.4 is 11.1 Å². The highest BCUT2D eigenvalue weighted by Gasteiger charge is 2.08. The number of rotatable bonds is 3. The van der Waals surface area contributed by atoms with E-state index >= 15 is 0 Å². The highest BCUT2D eigenvalue weighted by atomic mass is 32.1. The van der Waals surface area contributed by atoms with E-state index in [1.54, 1.807) is 17.4 Å². The maximum atomic E-state index is 5.62. The average molecular weight is 315 g/mol. The van der Waals surface area contributed by atoms with E-state index in [9.17, 15) is 0 Å². The fourth-order valence-corrected chi connectivity index (χ4v) is 2.99. The molecular formula is C14H13N5S2. The molecule has 0 aliphatic carbocycles. The lowest BCUT2D eigenvalue weighted by molar-refractivity contribution is 1.09. The summed E-state index contributed by atoms with van der Waals surface area (Å²) in [6, 6.07) is 7.91. The molecule has 0 bridgehead atoms. The molecule has 0 radical (unpaired) electrons. The number of aryl methyl sites for hydroxylation is 2. The Morgan fingerprint density at radius 2 is 2.00 bits per heavy atom. The Labute approximate surface area is 131 Å². The first-order valence-electron chi connectivity index (χ1n) is 6.31. The number of benzene rings is 1. The third-order valence-electron chi connectivity index (χ3n) is 2.87. The first-order valence-corrected chi connectivity index (χ1v) is 7.53. The molecule has 7 heteroatoms. The van der Waals surface area contributed by atoms with Gasteiger partial charge in [0.25, 0.3) is 0 Å². The van der Waals surface area contributed by atoms with Crippen molar-refractivity contribution in [3.05, 3.63) is 41.2 Å². The molecule has 3 aromatic rings. The highest BCUT2D eigenvalue weighted by molar-refractivity contribution is 7.80. The molecule has 0 saturated heterocycles. The van der Waals surface area contributed by atoms with Gasteiger partial charge in [-0.2, -0.15) is 0 Å². The Balaban J connectivity index is 1.96. The minimum absolute atomic E-state index is 0.253. The molecule has 0 fully saturated rings. The van der Waals surface area contributed by atoms with Crippen molar-refractivity contribution in [1.29, 1.82) is 0 Å². The van der Waals surface area contributed by atoms with E-state index in [4.69, 9.17) is 18.0 Å². The Morgan fingerprint density at radius 1 is 1.19 bits per heavy atom. The molecule has 0 aliphatic rings. The lowest BCUT2D eigenvalue weighted by atomic mass is 10.2. The van der Waals surface area contributed by atoms with Crippen LogP contribution in [-0.4, -0.2) is 19.9 Å². The predicted octanol–water partition coefficient (Wildman–Crippen LogP) is 3.08. The van der Waals surface area contributed by atoms with E-state index in [0.717, 1.165) is 21.0 Å². The van der Waals surface area contributed by atoms with Gasteiger partial charge in [-0.3, -0.25) is 5.32 Å². The van der Waals surface area contributed by atoms with Crippen molar-refractivity contribution in [2.45, 2.75) is 13.8 Å². The lowest BCUT2D eigenvalue weighted by Gasteiger charge is -2.04. The van der Waals surface area contributed by atoms with E-state index < -0.39 is 0 Å². The van der Waals surface area contributed by atoms with Crippen LogP contribution in [0.5, 0.6) is 0 Å². The predicted molar refractivity (Wildman–Crippen MR) is 90.3 cm³/mol. The van der Waals surface area contributed by atoms with Crippen LogP contribution in [-0.2, 0) is 0 Å². The summed E-state index contributed by atoms with van der Waals surface area (Å²) in [6.07, 6.45) is 0. The molecule has 106 valence electrons. The van der Waals surface area contributed by atoms with Crippen molar-refractivity contribution in [2.24, 2.45) is 5.73 Å². The first kappa shape index (κ1) is 13.8. The maximum absolute atomic E-state index is 5.62. The Hall–Kier alpha value is -2.12. The largest absolute Gasteiger partial charge is 0.388 e. The quantitative estimate of drug-likeness (QED) is 0.723. The van der Waals surface area contributed by atoms with E-state index in [2.05, 4.69) is 33.3 Å². The summed E-state index contributed by atoms with van der Waals surface area (Å²) in [5, 5.41) is 3.86. The molecule has 0 saturated carbocycles. The average Bonchev–Trinajstić information content (AvgIpc) is 2.79. The zero-order valence-corrected chi connectivity index (χ0v) is 13.2. The maximum Gasteiger partial charge on any atom is 0.229 e. The summed E-state index contributed by atoms with van der Waals surface area (Å²) >= 11 is 6.52. The lowest BCUT2D eigenvalue weighted by Crippen LogP contribution is -2.13. The third-order valence-corrected chi connectivity index (χ3v) is 4.01. The van der Waals surface area contributed by atoms with Gasteiger partial charge in [0.1, 0.15) is 10.7 Å². The van der Waals surface area contributed by atoms with Crippen molar-refractivity contribution < 1.29 is 0 Å². The molecule has 1 aromatic carbocycles. The number of hydrogen-bond donors (Lipinski definition) is 2. The molecule has 0 unspecified atom stereocenters. The third kappa shape index (κ3) is 2.98. The second-order valence-electron chi connectivity index (χ2n) is 4.70. The van der Waals surface area contributed by atoms with Gasteiger partial charge in [-0.15, -0.1) is 0 Å². The topological polar surface area (TPSA) is 76.7 Å². The normalized spacial score (nSPS) is 10.8. The number of nitrogens with zero attached hydrogens (tertiary/aromatic N) is 3. The van der Waals surface area contributed by atoms with E-state index in [1.165, 1.54) is 5.56 Å². The van der Waals surface area contributed by atoms with Crippen molar-refractivity contribution in [1.82, 2.24) is 15.0 Å². The van der Waals surface area contributed by atoms with Gasteiger partial charge in [-0.1, -0.05) is 29.6 Å². The highest BCUT2D eigenvalue weighted by Crippen LogP contribution is 2.28. The standard InChI is InChI=1S/C14H13N5S2/c1-7-3-4-9-11(5-7)21-14(18-9)19-13-16-8(2)6-10(17-13)12(15)20/h3-6H,1-2H3,(H2,15,20)(H,16,17,18,19). The summed E-state index contributed by atoms with van der Waals surface area (Å²) < 4.78 is 1.12. The van der Waals surface area contributed by atoms with Crippen LogP contribution in [0.4, 0.5) is 11.1 Å². The van der Waals surface area contributed by atoms with Gasteiger partial charge in [-0.05, 0) is 37.6 Å². The van der Waals surface area contributed by atoms with Crippen molar-refractivity contribution in [3.8, 4) is 0 Å². The number of anilines is 2. The smallest absolute Gasteiger partial charge is 0.229 e. The van der Waals surface area contributed by atoms with Gasteiger partial charge in [-0.25, -0.2) is 15.0 Å². The summed E-state index contributed by atoms with van der Waals surface area (Å²) in [5.74, 6) is 0.452. The van der Waals surface area contributed by atoms with Crippen LogP contribution in [0.3, 0.4) is 0 Å². The summed E-state index contributed by atoms with van der Waals surface area (Å²) in [7, 11) is 0. The molecule has 3 N–H and O–H groups in total. The van der Waals surface area contributed by atoms with Crippen LogP contribution in [0.1, 0.15) is 17.0 Å². The number of aromatic nitrogens is 3. The van der Waals surface area contributed by atoms with Crippen LogP contribution in [0.15, 0.2) is 24.3 Å².